The average Bonchev–Trinajstić information content (AvgIpc) is 2.32. The third-order valence-electron chi connectivity index (χ3n) is 2.36. The van der Waals surface area contributed by atoms with Gasteiger partial charge in [0.1, 0.15) is 0 Å². The molecule has 2 rings (SSSR count). The second-order valence-corrected chi connectivity index (χ2v) is 4.54. The molecule has 2 aromatic carbocycles. The van der Waals surface area contributed by atoms with Gasteiger partial charge in [-0.2, -0.15) is 0 Å². The standard InChI is InChI=1S/C14H10ClI/c15-13-7-5-12(6-8-13)14-4-2-1-3-11(14)9-10-16/h1-10H/b10-9+. The molecule has 0 aliphatic carbocycles. The van der Waals surface area contributed by atoms with E-state index in [9.17, 15) is 0 Å². The van der Waals surface area contributed by atoms with E-state index in [2.05, 4.69) is 46.9 Å². The van der Waals surface area contributed by atoms with E-state index < -0.39 is 0 Å². The Bertz CT molecular complexity index is 500. The van der Waals surface area contributed by atoms with Gasteiger partial charge in [0.25, 0.3) is 0 Å². The van der Waals surface area contributed by atoms with E-state index in [1.165, 1.54) is 16.7 Å². The zero-order chi connectivity index (χ0) is 11.4. The van der Waals surface area contributed by atoms with Crippen LogP contribution < -0.4 is 0 Å². The van der Waals surface area contributed by atoms with Crippen LogP contribution in [-0.2, 0) is 0 Å². The second kappa shape index (κ2) is 5.51. The van der Waals surface area contributed by atoms with E-state index in [0.717, 1.165) is 5.02 Å². The second-order valence-electron chi connectivity index (χ2n) is 3.39. The average molecular weight is 341 g/mol. The number of hydrogen-bond donors (Lipinski definition) is 0. The van der Waals surface area contributed by atoms with Crippen molar-refractivity contribution in [2.75, 3.05) is 0 Å². The minimum Gasteiger partial charge on any atom is -0.0843 e. The summed E-state index contributed by atoms with van der Waals surface area (Å²) < 4.78 is 2.02. The van der Waals surface area contributed by atoms with Crippen molar-refractivity contribution in [2.24, 2.45) is 0 Å². The minimum atomic E-state index is 0.769. The fourth-order valence-electron chi connectivity index (χ4n) is 1.60. The van der Waals surface area contributed by atoms with Crippen LogP contribution >= 0.6 is 34.2 Å². The number of benzene rings is 2. The van der Waals surface area contributed by atoms with Crippen LogP contribution in [0.3, 0.4) is 0 Å². The topological polar surface area (TPSA) is 0 Å². The van der Waals surface area contributed by atoms with E-state index in [1.54, 1.807) is 0 Å². The molecule has 0 aromatic heterocycles. The molecule has 0 atom stereocenters. The quantitative estimate of drug-likeness (QED) is 0.641. The van der Waals surface area contributed by atoms with Crippen LogP contribution in [0.1, 0.15) is 5.56 Å². The van der Waals surface area contributed by atoms with Crippen LogP contribution in [0.4, 0.5) is 0 Å². The Labute approximate surface area is 114 Å². The lowest BCUT2D eigenvalue weighted by molar-refractivity contribution is 1.59. The Balaban J connectivity index is 2.51. The largest absolute Gasteiger partial charge is 0.0843 e. The number of rotatable bonds is 2. The fourth-order valence-corrected chi connectivity index (χ4v) is 2.12. The van der Waals surface area contributed by atoms with Crippen LogP contribution in [0.25, 0.3) is 17.2 Å². The van der Waals surface area contributed by atoms with E-state index in [1.807, 2.05) is 34.4 Å². The van der Waals surface area contributed by atoms with Gasteiger partial charge in [-0.1, -0.05) is 70.6 Å². The number of halogens is 2. The first kappa shape index (κ1) is 11.7. The zero-order valence-electron chi connectivity index (χ0n) is 8.53. The number of hydrogen-bond acceptors (Lipinski definition) is 0. The van der Waals surface area contributed by atoms with Crippen molar-refractivity contribution in [3.05, 3.63) is 63.2 Å². The summed E-state index contributed by atoms with van der Waals surface area (Å²) in [5.74, 6) is 0. The van der Waals surface area contributed by atoms with E-state index in [-0.39, 0.29) is 0 Å². The van der Waals surface area contributed by atoms with Crippen molar-refractivity contribution in [1.29, 1.82) is 0 Å². The van der Waals surface area contributed by atoms with Crippen molar-refractivity contribution < 1.29 is 0 Å². The summed E-state index contributed by atoms with van der Waals surface area (Å²) >= 11 is 8.12. The van der Waals surface area contributed by atoms with Crippen LogP contribution in [0.5, 0.6) is 0 Å². The molecule has 2 aromatic rings. The van der Waals surface area contributed by atoms with E-state index >= 15 is 0 Å². The lowest BCUT2D eigenvalue weighted by Crippen LogP contribution is -1.81. The molecule has 0 spiro atoms. The SMILES string of the molecule is Clc1ccc(-c2ccccc2/C=C/I)cc1. The maximum Gasteiger partial charge on any atom is 0.0406 e. The van der Waals surface area contributed by atoms with Crippen LogP contribution in [0.2, 0.25) is 5.02 Å². The summed E-state index contributed by atoms with van der Waals surface area (Å²) in [5.41, 5.74) is 3.64. The molecule has 0 saturated carbocycles. The fraction of sp³-hybridized carbons (Fsp3) is 0. The van der Waals surface area contributed by atoms with Gasteiger partial charge in [0.15, 0.2) is 0 Å². The molecule has 0 radical (unpaired) electrons. The minimum absolute atomic E-state index is 0.769. The van der Waals surface area contributed by atoms with Gasteiger partial charge in [0.2, 0.25) is 0 Å². The van der Waals surface area contributed by atoms with Crippen molar-refractivity contribution in [3.8, 4) is 11.1 Å². The highest BCUT2D eigenvalue weighted by molar-refractivity contribution is 14.1. The summed E-state index contributed by atoms with van der Waals surface area (Å²) in [6.45, 7) is 0. The summed E-state index contributed by atoms with van der Waals surface area (Å²) in [4.78, 5) is 0. The highest BCUT2D eigenvalue weighted by Gasteiger charge is 2.01. The molecule has 0 fully saturated rings. The molecule has 80 valence electrons. The lowest BCUT2D eigenvalue weighted by Gasteiger charge is -2.05. The molecule has 0 bridgehead atoms. The van der Waals surface area contributed by atoms with Crippen molar-refractivity contribution in [3.63, 3.8) is 0 Å². The van der Waals surface area contributed by atoms with E-state index in [4.69, 9.17) is 11.6 Å². The highest BCUT2D eigenvalue weighted by Crippen LogP contribution is 2.26. The van der Waals surface area contributed by atoms with Gasteiger partial charge < -0.3 is 0 Å². The van der Waals surface area contributed by atoms with Crippen LogP contribution in [-0.4, -0.2) is 0 Å². The normalized spacial score (nSPS) is 10.9. The third kappa shape index (κ3) is 2.66. The van der Waals surface area contributed by atoms with Crippen LogP contribution in [0, 0.1) is 0 Å². The predicted octanol–water partition coefficient (Wildman–Crippen LogP) is 5.41. The van der Waals surface area contributed by atoms with Crippen molar-refractivity contribution >= 4 is 40.3 Å². The summed E-state index contributed by atoms with van der Waals surface area (Å²) in [6, 6.07) is 16.3. The Kier molecular flexibility index (Phi) is 4.02. The van der Waals surface area contributed by atoms with Gasteiger partial charge >= 0.3 is 0 Å². The molecular weight excluding hydrogens is 331 g/mol. The van der Waals surface area contributed by atoms with Gasteiger partial charge in [-0.3, -0.25) is 0 Å². The molecule has 0 aliphatic heterocycles. The van der Waals surface area contributed by atoms with E-state index in [0.29, 0.717) is 0 Å². The van der Waals surface area contributed by atoms with Gasteiger partial charge in [-0.05, 0) is 39.0 Å². The smallest absolute Gasteiger partial charge is 0.0406 e. The highest BCUT2D eigenvalue weighted by atomic mass is 127. The van der Waals surface area contributed by atoms with Crippen LogP contribution in [0.15, 0.2) is 52.6 Å². The molecule has 0 saturated heterocycles. The Morgan fingerprint density at radius 1 is 0.938 bits per heavy atom. The van der Waals surface area contributed by atoms with Gasteiger partial charge in [0.05, 0.1) is 0 Å². The molecule has 0 heterocycles. The maximum atomic E-state index is 5.88. The summed E-state index contributed by atoms with van der Waals surface area (Å²) in [6.07, 6.45) is 2.10. The molecule has 0 N–H and O–H groups in total. The molecule has 0 amide bonds. The third-order valence-corrected chi connectivity index (χ3v) is 2.97. The van der Waals surface area contributed by atoms with Crippen molar-refractivity contribution in [2.45, 2.75) is 0 Å². The zero-order valence-corrected chi connectivity index (χ0v) is 11.4. The molecule has 2 heteroatoms. The van der Waals surface area contributed by atoms with Gasteiger partial charge in [0, 0.05) is 5.02 Å². The summed E-state index contributed by atoms with van der Waals surface area (Å²) in [7, 11) is 0. The Morgan fingerprint density at radius 3 is 2.31 bits per heavy atom. The molecule has 0 aliphatic rings. The molecule has 16 heavy (non-hydrogen) atoms. The molecule has 0 unspecified atom stereocenters. The maximum absolute atomic E-state index is 5.88. The Morgan fingerprint density at radius 2 is 1.62 bits per heavy atom. The lowest BCUT2D eigenvalue weighted by atomic mass is 10.00. The molecular formula is C14H10ClI. The molecule has 0 nitrogen and oxygen atoms in total. The first-order valence-electron chi connectivity index (χ1n) is 4.93. The van der Waals surface area contributed by atoms with Gasteiger partial charge in [-0.25, -0.2) is 0 Å². The predicted molar refractivity (Wildman–Crippen MR) is 79.9 cm³/mol. The Hall–Kier alpha value is -0.800. The van der Waals surface area contributed by atoms with Crippen molar-refractivity contribution in [1.82, 2.24) is 0 Å². The first-order chi connectivity index (χ1) is 7.81. The van der Waals surface area contributed by atoms with Gasteiger partial charge in [-0.15, -0.1) is 0 Å². The first-order valence-corrected chi connectivity index (χ1v) is 6.55. The summed E-state index contributed by atoms with van der Waals surface area (Å²) in [5, 5.41) is 0.769. The monoisotopic (exact) mass is 340 g/mol.